The highest BCUT2D eigenvalue weighted by atomic mass is 16.5. The lowest BCUT2D eigenvalue weighted by atomic mass is 10.1. The second kappa shape index (κ2) is 4.42. The number of carbonyl (C=O) groups excluding carboxylic acids is 1. The largest absolute Gasteiger partial charge is 0.460 e. The molecule has 0 aromatic rings. The molecular weight excluding hydrogens is 166 g/mol. The zero-order valence-electron chi connectivity index (χ0n) is 8.54. The topological polar surface area (TPSA) is 29.5 Å². The van der Waals surface area contributed by atoms with E-state index in [1.165, 1.54) is 0 Å². The molecule has 13 heavy (non-hydrogen) atoms. The highest BCUT2D eigenvalue weighted by molar-refractivity contribution is 5.89. The van der Waals surface area contributed by atoms with Crippen molar-refractivity contribution in [2.75, 3.05) is 20.1 Å². The molecular formula is C10H17NO2. The molecule has 1 rings (SSSR count). The summed E-state index contributed by atoms with van der Waals surface area (Å²) in [6, 6.07) is 0. The number of ether oxygens (including phenoxy) is 1. The fourth-order valence-corrected chi connectivity index (χ4v) is 1.33. The van der Waals surface area contributed by atoms with E-state index in [2.05, 4.69) is 4.90 Å². The molecule has 0 amide bonds. The number of rotatable bonds is 2. The zero-order valence-corrected chi connectivity index (χ0v) is 8.54. The Morgan fingerprint density at radius 2 is 2.31 bits per heavy atom. The first-order valence-corrected chi connectivity index (χ1v) is 4.68. The van der Waals surface area contributed by atoms with Gasteiger partial charge in [-0.3, -0.25) is 0 Å². The summed E-state index contributed by atoms with van der Waals surface area (Å²) in [5.74, 6) is -0.165. The van der Waals surface area contributed by atoms with Gasteiger partial charge < -0.3 is 9.64 Å². The number of esters is 1. The number of likely N-dealkylation sites (N-methyl/N-ethyl adjacent to an activating group) is 1. The van der Waals surface area contributed by atoms with Crippen molar-refractivity contribution in [3.05, 3.63) is 11.6 Å². The molecule has 3 heteroatoms. The van der Waals surface area contributed by atoms with Gasteiger partial charge in [-0.15, -0.1) is 0 Å². The molecule has 0 unspecified atom stereocenters. The van der Waals surface area contributed by atoms with Crippen LogP contribution < -0.4 is 0 Å². The van der Waals surface area contributed by atoms with Gasteiger partial charge in [-0.2, -0.15) is 0 Å². The molecule has 0 atom stereocenters. The summed E-state index contributed by atoms with van der Waals surface area (Å²) in [4.78, 5) is 13.6. The van der Waals surface area contributed by atoms with Gasteiger partial charge in [0, 0.05) is 18.7 Å². The Kier molecular flexibility index (Phi) is 3.48. The van der Waals surface area contributed by atoms with Crippen molar-refractivity contribution in [3.63, 3.8) is 0 Å². The molecule has 0 N–H and O–H groups in total. The van der Waals surface area contributed by atoms with Crippen molar-refractivity contribution in [1.82, 2.24) is 4.90 Å². The molecule has 3 nitrogen and oxygen atoms in total. The molecule has 0 radical (unpaired) electrons. The van der Waals surface area contributed by atoms with E-state index >= 15 is 0 Å². The molecule has 0 fully saturated rings. The molecule has 0 aromatic heterocycles. The number of nitrogens with zero attached hydrogens (tertiary/aromatic N) is 1. The quantitative estimate of drug-likeness (QED) is 0.602. The Bertz CT molecular complexity index is 221. The Labute approximate surface area is 79.4 Å². The summed E-state index contributed by atoms with van der Waals surface area (Å²) >= 11 is 0. The first-order valence-electron chi connectivity index (χ1n) is 4.68. The molecule has 0 spiro atoms. The van der Waals surface area contributed by atoms with Crippen molar-refractivity contribution >= 4 is 5.97 Å². The lowest BCUT2D eigenvalue weighted by Crippen LogP contribution is -2.30. The van der Waals surface area contributed by atoms with E-state index in [-0.39, 0.29) is 12.1 Å². The van der Waals surface area contributed by atoms with E-state index < -0.39 is 0 Å². The van der Waals surface area contributed by atoms with Crippen molar-refractivity contribution in [1.29, 1.82) is 0 Å². The van der Waals surface area contributed by atoms with Gasteiger partial charge in [0.05, 0.1) is 6.10 Å². The summed E-state index contributed by atoms with van der Waals surface area (Å²) < 4.78 is 5.10. The van der Waals surface area contributed by atoms with E-state index in [0.29, 0.717) is 6.54 Å². The van der Waals surface area contributed by atoms with Crippen LogP contribution in [-0.4, -0.2) is 37.1 Å². The minimum Gasteiger partial charge on any atom is -0.460 e. The van der Waals surface area contributed by atoms with Gasteiger partial charge in [0.15, 0.2) is 0 Å². The Hall–Kier alpha value is -0.830. The van der Waals surface area contributed by atoms with Crippen LogP contribution in [0.1, 0.15) is 20.3 Å². The Morgan fingerprint density at radius 3 is 2.85 bits per heavy atom. The van der Waals surface area contributed by atoms with Gasteiger partial charge in [-0.25, -0.2) is 4.79 Å². The van der Waals surface area contributed by atoms with Crippen molar-refractivity contribution < 1.29 is 9.53 Å². The Balaban J connectivity index is 2.51. The third kappa shape index (κ3) is 3.19. The van der Waals surface area contributed by atoms with Crippen LogP contribution in [0.3, 0.4) is 0 Å². The van der Waals surface area contributed by atoms with Crippen LogP contribution in [0, 0.1) is 0 Å². The monoisotopic (exact) mass is 183 g/mol. The van der Waals surface area contributed by atoms with E-state index in [0.717, 1.165) is 18.5 Å². The molecule has 0 aliphatic carbocycles. The predicted molar refractivity (Wildman–Crippen MR) is 51.4 cm³/mol. The van der Waals surface area contributed by atoms with Gasteiger partial charge in [0.25, 0.3) is 0 Å². The minimum atomic E-state index is -0.165. The maximum Gasteiger partial charge on any atom is 0.335 e. The van der Waals surface area contributed by atoms with Crippen LogP contribution in [0.25, 0.3) is 0 Å². The van der Waals surface area contributed by atoms with Gasteiger partial charge in [-0.05, 0) is 27.3 Å². The average molecular weight is 183 g/mol. The lowest BCUT2D eigenvalue weighted by molar-refractivity contribution is -0.143. The van der Waals surface area contributed by atoms with E-state index in [1.807, 2.05) is 27.0 Å². The third-order valence-corrected chi connectivity index (χ3v) is 1.95. The van der Waals surface area contributed by atoms with Gasteiger partial charge in [0.1, 0.15) is 0 Å². The standard InChI is InChI=1S/C10H17NO2/c1-8(2)13-10(12)9-5-4-6-11(3)7-9/h5,8H,4,6-7H2,1-3H3. The maximum atomic E-state index is 11.4. The van der Waals surface area contributed by atoms with Crippen LogP contribution in [0.15, 0.2) is 11.6 Å². The number of hydrogen-bond donors (Lipinski definition) is 0. The molecule has 1 aliphatic rings. The van der Waals surface area contributed by atoms with Gasteiger partial charge >= 0.3 is 5.97 Å². The first-order chi connectivity index (χ1) is 6.09. The molecule has 0 saturated heterocycles. The Morgan fingerprint density at radius 1 is 1.62 bits per heavy atom. The third-order valence-electron chi connectivity index (χ3n) is 1.95. The smallest absolute Gasteiger partial charge is 0.335 e. The lowest BCUT2D eigenvalue weighted by Gasteiger charge is -2.22. The predicted octanol–water partition coefficient (Wildman–Crippen LogP) is 1.20. The maximum absolute atomic E-state index is 11.4. The number of hydrogen-bond acceptors (Lipinski definition) is 3. The van der Waals surface area contributed by atoms with Crippen LogP contribution >= 0.6 is 0 Å². The summed E-state index contributed by atoms with van der Waals surface area (Å²) in [5, 5.41) is 0. The second-order valence-corrected chi connectivity index (χ2v) is 3.71. The first kappa shape index (κ1) is 10.3. The van der Waals surface area contributed by atoms with Crippen molar-refractivity contribution in [2.24, 2.45) is 0 Å². The van der Waals surface area contributed by atoms with Crippen LogP contribution in [0.4, 0.5) is 0 Å². The fourth-order valence-electron chi connectivity index (χ4n) is 1.33. The van der Waals surface area contributed by atoms with Crippen LogP contribution in [0.5, 0.6) is 0 Å². The van der Waals surface area contributed by atoms with Gasteiger partial charge in [-0.1, -0.05) is 6.08 Å². The van der Waals surface area contributed by atoms with Crippen LogP contribution in [0.2, 0.25) is 0 Å². The fraction of sp³-hybridized carbons (Fsp3) is 0.700. The number of carbonyl (C=O) groups is 1. The second-order valence-electron chi connectivity index (χ2n) is 3.71. The molecule has 0 bridgehead atoms. The minimum absolute atomic E-state index is 0.0272. The highest BCUT2D eigenvalue weighted by Crippen LogP contribution is 2.10. The zero-order chi connectivity index (χ0) is 9.84. The van der Waals surface area contributed by atoms with Crippen LogP contribution in [-0.2, 0) is 9.53 Å². The highest BCUT2D eigenvalue weighted by Gasteiger charge is 2.17. The molecule has 0 saturated carbocycles. The van der Waals surface area contributed by atoms with Crippen molar-refractivity contribution in [2.45, 2.75) is 26.4 Å². The molecule has 74 valence electrons. The summed E-state index contributed by atoms with van der Waals surface area (Å²) in [6.45, 7) is 5.47. The summed E-state index contributed by atoms with van der Waals surface area (Å²) in [7, 11) is 2.01. The van der Waals surface area contributed by atoms with Gasteiger partial charge in [0.2, 0.25) is 0 Å². The average Bonchev–Trinajstić information content (AvgIpc) is 2.03. The van der Waals surface area contributed by atoms with E-state index in [9.17, 15) is 4.79 Å². The van der Waals surface area contributed by atoms with E-state index in [4.69, 9.17) is 4.74 Å². The summed E-state index contributed by atoms with van der Waals surface area (Å²) in [5.41, 5.74) is 0.794. The molecule has 1 heterocycles. The normalized spacial score (nSPS) is 18.6. The van der Waals surface area contributed by atoms with Crippen molar-refractivity contribution in [3.8, 4) is 0 Å². The van der Waals surface area contributed by atoms with E-state index in [1.54, 1.807) is 0 Å². The summed E-state index contributed by atoms with van der Waals surface area (Å²) in [6.07, 6.45) is 2.89. The molecule has 0 aromatic carbocycles. The SMILES string of the molecule is CC(C)OC(=O)C1=CCCN(C)C1. The molecule has 1 aliphatic heterocycles.